The molecule has 1 aromatic rings. The van der Waals surface area contributed by atoms with Crippen LogP contribution < -0.4 is 11.1 Å². The highest BCUT2D eigenvalue weighted by atomic mass is 16.4. The van der Waals surface area contributed by atoms with E-state index in [4.69, 9.17) is 10.9 Å². The third-order valence-corrected chi connectivity index (χ3v) is 3.39. The Kier molecular flexibility index (Phi) is 5.76. The lowest BCUT2D eigenvalue weighted by Gasteiger charge is -2.22. The highest BCUT2D eigenvalue weighted by Crippen LogP contribution is 2.19. The molecule has 0 bridgehead atoms. The number of pyridine rings is 1. The lowest BCUT2D eigenvalue weighted by atomic mass is 9.88. The molecular formula is C14H24N4O. The molecule has 0 aliphatic heterocycles. The number of aromatic nitrogens is 1. The summed E-state index contributed by atoms with van der Waals surface area (Å²) in [7, 11) is 0. The van der Waals surface area contributed by atoms with Crippen LogP contribution in [-0.4, -0.2) is 22.6 Å². The molecule has 19 heavy (non-hydrogen) atoms. The SMILES string of the molecule is CCc1cccnc1CNCCC(C)(C)/C(N)=N/O. The molecule has 4 N–H and O–H groups in total. The first-order valence-electron chi connectivity index (χ1n) is 6.62. The van der Waals surface area contributed by atoms with Gasteiger partial charge in [0, 0.05) is 18.2 Å². The number of rotatable bonds is 7. The van der Waals surface area contributed by atoms with E-state index in [9.17, 15) is 0 Å². The number of nitrogens with one attached hydrogen (secondary N) is 1. The fraction of sp³-hybridized carbons (Fsp3) is 0.571. The van der Waals surface area contributed by atoms with Gasteiger partial charge in [-0.15, -0.1) is 0 Å². The quantitative estimate of drug-likeness (QED) is 0.231. The predicted octanol–water partition coefficient (Wildman–Crippen LogP) is 1.90. The molecule has 1 rings (SSSR count). The van der Waals surface area contributed by atoms with Crippen LogP contribution in [0.3, 0.4) is 0 Å². The van der Waals surface area contributed by atoms with Crippen molar-refractivity contribution >= 4 is 5.84 Å². The van der Waals surface area contributed by atoms with Crippen LogP contribution in [0, 0.1) is 5.41 Å². The summed E-state index contributed by atoms with van der Waals surface area (Å²) in [5.74, 6) is 0.265. The van der Waals surface area contributed by atoms with E-state index in [1.807, 2.05) is 26.1 Å². The molecule has 0 fully saturated rings. The number of oxime groups is 1. The zero-order valence-corrected chi connectivity index (χ0v) is 12.0. The first-order valence-corrected chi connectivity index (χ1v) is 6.62. The number of amidine groups is 1. The predicted molar refractivity (Wildman–Crippen MR) is 77.1 cm³/mol. The molecule has 0 spiro atoms. The molecule has 0 saturated heterocycles. The van der Waals surface area contributed by atoms with Gasteiger partial charge in [-0.05, 0) is 31.0 Å². The molecule has 0 amide bonds. The van der Waals surface area contributed by atoms with Crippen LogP contribution in [0.2, 0.25) is 0 Å². The summed E-state index contributed by atoms with van der Waals surface area (Å²) in [6.45, 7) is 7.59. The molecule has 1 aromatic heterocycles. The van der Waals surface area contributed by atoms with Gasteiger partial charge in [-0.1, -0.05) is 32.0 Å². The Morgan fingerprint density at radius 2 is 2.26 bits per heavy atom. The number of hydrogen-bond donors (Lipinski definition) is 3. The third-order valence-electron chi connectivity index (χ3n) is 3.39. The summed E-state index contributed by atoms with van der Waals surface area (Å²) in [5.41, 5.74) is 7.70. The summed E-state index contributed by atoms with van der Waals surface area (Å²) in [4.78, 5) is 4.38. The average molecular weight is 264 g/mol. The van der Waals surface area contributed by atoms with E-state index in [2.05, 4.69) is 28.4 Å². The van der Waals surface area contributed by atoms with Crippen molar-refractivity contribution in [2.45, 2.75) is 40.2 Å². The Hall–Kier alpha value is -1.62. The van der Waals surface area contributed by atoms with Gasteiger partial charge >= 0.3 is 0 Å². The van der Waals surface area contributed by atoms with Crippen LogP contribution in [0.25, 0.3) is 0 Å². The lowest BCUT2D eigenvalue weighted by Crippen LogP contribution is -2.34. The molecule has 0 saturated carbocycles. The van der Waals surface area contributed by atoms with Crippen molar-refractivity contribution in [1.29, 1.82) is 0 Å². The Morgan fingerprint density at radius 1 is 1.53 bits per heavy atom. The second-order valence-electron chi connectivity index (χ2n) is 5.26. The minimum absolute atomic E-state index is 0.265. The van der Waals surface area contributed by atoms with E-state index in [1.165, 1.54) is 5.56 Å². The van der Waals surface area contributed by atoms with Gasteiger partial charge in [-0.3, -0.25) is 4.98 Å². The Bertz CT molecular complexity index is 429. The number of nitrogens with zero attached hydrogens (tertiary/aromatic N) is 2. The van der Waals surface area contributed by atoms with E-state index < -0.39 is 0 Å². The molecule has 5 heteroatoms. The molecule has 0 unspecified atom stereocenters. The van der Waals surface area contributed by atoms with Crippen LogP contribution in [-0.2, 0) is 13.0 Å². The van der Waals surface area contributed by atoms with E-state index in [-0.39, 0.29) is 11.3 Å². The highest BCUT2D eigenvalue weighted by Gasteiger charge is 2.22. The van der Waals surface area contributed by atoms with Gasteiger partial charge in [0.2, 0.25) is 0 Å². The van der Waals surface area contributed by atoms with Crippen LogP contribution in [0.15, 0.2) is 23.5 Å². The van der Waals surface area contributed by atoms with Gasteiger partial charge in [-0.2, -0.15) is 0 Å². The maximum absolute atomic E-state index is 8.71. The van der Waals surface area contributed by atoms with Gasteiger partial charge in [0.1, 0.15) is 5.84 Å². The largest absolute Gasteiger partial charge is 0.409 e. The minimum atomic E-state index is -0.306. The number of aryl methyl sites for hydroxylation is 1. The first-order chi connectivity index (χ1) is 9.01. The van der Waals surface area contributed by atoms with Gasteiger partial charge in [-0.25, -0.2) is 0 Å². The Labute approximate surface area is 114 Å². The van der Waals surface area contributed by atoms with Crippen LogP contribution >= 0.6 is 0 Å². The third kappa shape index (κ3) is 4.52. The van der Waals surface area contributed by atoms with Crippen molar-refractivity contribution < 1.29 is 5.21 Å². The van der Waals surface area contributed by atoms with E-state index in [0.717, 1.165) is 31.6 Å². The molecule has 0 aliphatic rings. The standard InChI is InChI=1S/C14H24N4O/c1-4-11-6-5-8-17-12(11)10-16-9-7-14(2,3)13(15)18-19/h5-6,8,16,19H,4,7,9-10H2,1-3H3,(H2,15,18). The van der Waals surface area contributed by atoms with Gasteiger partial charge in [0.05, 0.1) is 5.69 Å². The van der Waals surface area contributed by atoms with Crippen molar-refractivity contribution in [3.05, 3.63) is 29.6 Å². The molecular weight excluding hydrogens is 240 g/mol. The first kappa shape index (κ1) is 15.4. The molecule has 0 radical (unpaired) electrons. The van der Waals surface area contributed by atoms with Crippen LogP contribution in [0.5, 0.6) is 0 Å². The van der Waals surface area contributed by atoms with Gasteiger partial charge < -0.3 is 16.3 Å². The second kappa shape index (κ2) is 7.09. The van der Waals surface area contributed by atoms with Gasteiger partial charge in [0.25, 0.3) is 0 Å². The monoisotopic (exact) mass is 264 g/mol. The van der Waals surface area contributed by atoms with Gasteiger partial charge in [0.15, 0.2) is 0 Å². The van der Waals surface area contributed by atoms with Crippen molar-refractivity contribution in [2.24, 2.45) is 16.3 Å². The molecule has 0 aromatic carbocycles. The fourth-order valence-corrected chi connectivity index (χ4v) is 1.82. The maximum atomic E-state index is 8.71. The summed E-state index contributed by atoms with van der Waals surface area (Å²) < 4.78 is 0. The molecule has 106 valence electrons. The smallest absolute Gasteiger partial charge is 0.144 e. The Balaban J connectivity index is 2.43. The Morgan fingerprint density at radius 3 is 2.89 bits per heavy atom. The minimum Gasteiger partial charge on any atom is -0.409 e. The van der Waals surface area contributed by atoms with E-state index >= 15 is 0 Å². The molecule has 0 atom stereocenters. The normalized spacial score (nSPS) is 12.7. The number of nitrogens with two attached hydrogens (primary N) is 1. The lowest BCUT2D eigenvalue weighted by molar-refractivity contribution is 0.305. The second-order valence-corrected chi connectivity index (χ2v) is 5.26. The van der Waals surface area contributed by atoms with Crippen molar-refractivity contribution in [2.75, 3.05) is 6.54 Å². The molecule has 0 aliphatic carbocycles. The summed E-state index contributed by atoms with van der Waals surface area (Å²) in [6.07, 6.45) is 3.61. The zero-order valence-electron chi connectivity index (χ0n) is 12.0. The van der Waals surface area contributed by atoms with Crippen LogP contribution in [0.4, 0.5) is 0 Å². The van der Waals surface area contributed by atoms with E-state index in [1.54, 1.807) is 0 Å². The van der Waals surface area contributed by atoms with Crippen molar-refractivity contribution in [3.63, 3.8) is 0 Å². The number of hydrogen-bond acceptors (Lipinski definition) is 4. The fourth-order valence-electron chi connectivity index (χ4n) is 1.82. The molecule has 1 heterocycles. The highest BCUT2D eigenvalue weighted by molar-refractivity contribution is 5.85. The summed E-state index contributed by atoms with van der Waals surface area (Å²) in [5, 5.41) is 15.1. The molecule has 5 nitrogen and oxygen atoms in total. The summed E-state index contributed by atoms with van der Waals surface area (Å²) in [6, 6.07) is 4.06. The van der Waals surface area contributed by atoms with E-state index in [0.29, 0.717) is 0 Å². The van der Waals surface area contributed by atoms with Crippen LogP contribution in [0.1, 0.15) is 38.4 Å². The summed E-state index contributed by atoms with van der Waals surface area (Å²) >= 11 is 0. The van der Waals surface area contributed by atoms with Crippen molar-refractivity contribution in [3.8, 4) is 0 Å². The maximum Gasteiger partial charge on any atom is 0.144 e. The zero-order chi connectivity index (χ0) is 14.3. The topological polar surface area (TPSA) is 83.5 Å². The average Bonchev–Trinajstić information content (AvgIpc) is 2.43. The van der Waals surface area contributed by atoms with Crippen molar-refractivity contribution in [1.82, 2.24) is 10.3 Å².